The maximum absolute atomic E-state index is 14.3. The molecule has 6 nitrogen and oxygen atoms in total. The van der Waals surface area contributed by atoms with Gasteiger partial charge in [0, 0.05) is 34.8 Å². The molecule has 2 aliphatic rings. The number of carbonyl (C=O) groups excluding carboxylic acids is 2. The molecule has 4 rings (SSSR count). The number of aromatic nitrogens is 2. The van der Waals surface area contributed by atoms with Crippen molar-refractivity contribution in [3.8, 4) is 0 Å². The van der Waals surface area contributed by atoms with Gasteiger partial charge in [0.2, 0.25) is 0 Å². The molecule has 0 bridgehead atoms. The Kier molecular flexibility index (Phi) is 4.30. The van der Waals surface area contributed by atoms with Gasteiger partial charge in [-0.2, -0.15) is 0 Å². The Labute approximate surface area is 158 Å². The van der Waals surface area contributed by atoms with Crippen LogP contribution in [0.2, 0.25) is 0 Å². The van der Waals surface area contributed by atoms with E-state index in [0.29, 0.717) is 15.6 Å². The number of rotatable bonds is 4. The van der Waals surface area contributed by atoms with E-state index in [4.69, 9.17) is 4.74 Å². The number of esters is 1. The Morgan fingerprint density at radius 3 is 3.04 bits per heavy atom. The second-order valence-corrected chi connectivity index (χ2v) is 7.45. The third-order valence-corrected chi connectivity index (χ3v) is 5.37. The fourth-order valence-electron chi connectivity index (χ4n) is 3.70. The molecule has 3 heterocycles. The Morgan fingerprint density at radius 1 is 1.46 bits per heavy atom. The van der Waals surface area contributed by atoms with Crippen LogP contribution in [0.1, 0.15) is 46.7 Å². The van der Waals surface area contributed by atoms with Crippen LogP contribution in [0.4, 0.5) is 4.39 Å². The van der Waals surface area contributed by atoms with Gasteiger partial charge in [0.1, 0.15) is 18.5 Å². The number of hydrogen-bond donors (Lipinski definition) is 0. The number of imidazole rings is 1. The van der Waals surface area contributed by atoms with Gasteiger partial charge in [-0.15, -0.1) is 0 Å². The number of carbonyl (C=O) groups is 2. The van der Waals surface area contributed by atoms with Gasteiger partial charge in [0.05, 0.1) is 18.6 Å². The van der Waals surface area contributed by atoms with Crippen molar-refractivity contribution in [3.05, 3.63) is 51.3 Å². The van der Waals surface area contributed by atoms with E-state index >= 15 is 0 Å². The predicted molar refractivity (Wildman–Crippen MR) is 93.9 cm³/mol. The van der Waals surface area contributed by atoms with Crippen LogP contribution in [0.3, 0.4) is 0 Å². The summed E-state index contributed by atoms with van der Waals surface area (Å²) < 4.78 is 22.1. The van der Waals surface area contributed by atoms with E-state index in [1.807, 2.05) is 0 Å². The van der Waals surface area contributed by atoms with Gasteiger partial charge >= 0.3 is 5.97 Å². The lowest BCUT2D eigenvalue weighted by molar-refractivity contribution is -0.142. The minimum atomic E-state index is -0.536. The van der Waals surface area contributed by atoms with Gasteiger partial charge in [0.25, 0.3) is 5.91 Å². The molecule has 0 saturated heterocycles. The summed E-state index contributed by atoms with van der Waals surface area (Å²) in [5, 5.41) is 0. The SMILES string of the molecule is CC(=O)OCC(c1ncn2c1CCC2)N1Cc2c(F)cc(Br)cc2C1=O. The van der Waals surface area contributed by atoms with E-state index in [-0.39, 0.29) is 19.1 Å². The van der Waals surface area contributed by atoms with Gasteiger partial charge in [0.15, 0.2) is 0 Å². The molecule has 1 unspecified atom stereocenters. The highest BCUT2D eigenvalue weighted by Gasteiger charge is 2.38. The smallest absolute Gasteiger partial charge is 0.302 e. The molecule has 1 aromatic heterocycles. The van der Waals surface area contributed by atoms with Gasteiger partial charge in [-0.25, -0.2) is 9.37 Å². The van der Waals surface area contributed by atoms with Crippen LogP contribution in [0, 0.1) is 5.82 Å². The molecule has 1 aromatic carbocycles. The fourth-order valence-corrected chi connectivity index (χ4v) is 4.13. The molecule has 8 heteroatoms. The molecule has 0 spiro atoms. The Morgan fingerprint density at radius 2 is 2.27 bits per heavy atom. The number of aryl methyl sites for hydroxylation is 1. The van der Waals surface area contributed by atoms with Crippen molar-refractivity contribution in [3.63, 3.8) is 0 Å². The second-order valence-electron chi connectivity index (χ2n) is 6.54. The molecule has 136 valence electrons. The molecular weight excluding hydrogens is 405 g/mol. The van der Waals surface area contributed by atoms with Crippen LogP contribution < -0.4 is 0 Å². The number of ether oxygens (including phenoxy) is 1. The van der Waals surface area contributed by atoms with Crippen LogP contribution in [-0.2, 0) is 29.0 Å². The molecule has 2 aromatic rings. The third-order valence-electron chi connectivity index (χ3n) is 4.91. The maximum atomic E-state index is 14.3. The van der Waals surface area contributed by atoms with Crippen LogP contribution in [0.5, 0.6) is 0 Å². The molecule has 1 amide bonds. The Bertz CT molecular complexity index is 911. The zero-order chi connectivity index (χ0) is 18.4. The van der Waals surface area contributed by atoms with Crippen molar-refractivity contribution in [2.45, 2.75) is 38.9 Å². The van der Waals surface area contributed by atoms with E-state index in [2.05, 4.69) is 25.5 Å². The number of fused-ring (bicyclic) bond motifs is 2. The highest BCUT2D eigenvalue weighted by molar-refractivity contribution is 9.10. The Hall–Kier alpha value is -2.22. The standard InChI is InChI=1S/C18H17BrFN3O3/c1-10(24)26-8-16(17-15-3-2-4-22(15)9-21-17)23-7-13-12(18(23)25)5-11(19)6-14(13)20/h5-6,9,16H,2-4,7-8H2,1H3. The lowest BCUT2D eigenvalue weighted by atomic mass is 10.1. The van der Waals surface area contributed by atoms with E-state index in [1.165, 1.54) is 13.0 Å². The van der Waals surface area contributed by atoms with Crippen LogP contribution in [0.15, 0.2) is 22.9 Å². The van der Waals surface area contributed by atoms with Crippen molar-refractivity contribution in [2.75, 3.05) is 6.61 Å². The zero-order valence-electron chi connectivity index (χ0n) is 14.2. The summed E-state index contributed by atoms with van der Waals surface area (Å²) in [4.78, 5) is 30.3. The molecule has 26 heavy (non-hydrogen) atoms. The topological polar surface area (TPSA) is 64.4 Å². The maximum Gasteiger partial charge on any atom is 0.302 e. The first-order valence-electron chi connectivity index (χ1n) is 8.42. The molecule has 0 saturated carbocycles. The fraction of sp³-hybridized carbons (Fsp3) is 0.389. The highest BCUT2D eigenvalue weighted by atomic mass is 79.9. The summed E-state index contributed by atoms with van der Waals surface area (Å²) in [6.07, 6.45) is 3.63. The first kappa shape index (κ1) is 17.2. The molecule has 0 fully saturated rings. The summed E-state index contributed by atoms with van der Waals surface area (Å²) in [5.41, 5.74) is 2.47. The van der Waals surface area contributed by atoms with E-state index < -0.39 is 17.8 Å². The molecule has 0 radical (unpaired) electrons. The van der Waals surface area contributed by atoms with Crippen LogP contribution >= 0.6 is 15.9 Å². The first-order valence-corrected chi connectivity index (χ1v) is 9.21. The third kappa shape index (κ3) is 2.82. The average Bonchev–Trinajstić information content (AvgIpc) is 3.25. The second kappa shape index (κ2) is 6.50. The predicted octanol–water partition coefficient (Wildman–Crippen LogP) is 2.99. The molecule has 2 aliphatic heterocycles. The summed E-state index contributed by atoms with van der Waals surface area (Å²) in [7, 11) is 0. The monoisotopic (exact) mass is 421 g/mol. The van der Waals surface area contributed by atoms with E-state index in [0.717, 1.165) is 30.8 Å². The quantitative estimate of drug-likeness (QED) is 0.711. The number of amides is 1. The summed E-state index contributed by atoms with van der Waals surface area (Å²) >= 11 is 3.23. The van der Waals surface area contributed by atoms with Crippen molar-refractivity contribution in [1.29, 1.82) is 0 Å². The minimum absolute atomic E-state index is 0.00185. The van der Waals surface area contributed by atoms with Crippen molar-refractivity contribution in [1.82, 2.24) is 14.5 Å². The first-order chi connectivity index (χ1) is 12.5. The molecular formula is C18H17BrFN3O3. The van der Waals surface area contributed by atoms with Gasteiger partial charge < -0.3 is 14.2 Å². The Balaban J connectivity index is 1.72. The highest BCUT2D eigenvalue weighted by Crippen LogP contribution is 2.36. The van der Waals surface area contributed by atoms with Gasteiger partial charge in [-0.3, -0.25) is 9.59 Å². The number of hydrogen-bond acceptors (Lipinski definition) is 4. The summed E-state index contributed by atoms with van der Waals surface area (Å²) in [6, 6.07) is 2.44. The molecule has 0 N–H and O–H groups in total. The number of benzene rings is 1. The van der Waals surface area contributed by atoms with Gasteiger partial charge in [-0.05, 0) is 25.0 Å². The normalized spacial score (nSPS) is 16.6. The zero-order valence-corrected chi connectivity index (χ0v) is 15.8. The van der Waals surface area contributed by atoms with Gasteiger partial charge in [-0.1, -0.05) is 15.9 Å². The lowest BCUT2D eigenvalue weighted by Gasteiger charge is -2.27. The summed E-state index contributed by atoms with van der Waals surface area (Å²) in [6.45, 7) is 2.34. The minimum Gasteiger partial charge on any atom is -0.463 e. The lowest BCUT2D eigenvalue weighted by Crippen LogP contribution is -2.33. The molecule has 0 aliphatic carbocycles. The van der Waals surface area contributed by atoms with Crippen molar-refractivity contribution >= 4 is 27.8 Å². The van der Waals surface area contributed by atoms with Crippen LogP contribution in [0.25, 0.3) is 0 Å². The van der Waals surface area contributed by atoms with Crippen molar-refractivity contribution < 1.29 is 18.7 Å². The number of halogens is 2. The number of nitrogens with zero attached hydrogens (tertiary/aromatic N) is 3. The average molecular weight is 422 g/mol. The van der Waals surface area contributed by atoms with Crippen molar-refractivity contribution in [2.24, 2.45) is 0 Å². The largest absolute Gasteiger partial charge is 0.463 e. The molecule has 1 atom stereocenters. The van der Waals surface area contributed by atoms with E-state index in [1.54, 1.807) is 17.3 Å². The van der Waals surface area contributed by atoms with Crippen LogP contribution in [-0.4, -0.2) is 32.9 Å². The summed E-state index contributed by atoms with van der Waals surface area (Å²) in [5.74, 6) is -1.13. The van der Waals surface area contributed by atoms with E-state index in [9.17, 15) is 14.0 Å².